The Morgan fingerprint density at radius 3 is 2.82 bits per heavy atom. The molecule has 0 bridgehead atoms. The van der Waals surface area contributed by atoms with Gasteiger partial charge in [-0.3, -0.25) is 9.69 Å². The van der Waals surface area contributed by atoms with E-state index in [1.807, 2.05) is 0 Å². The van der Waals surface area contributed by atoms with Crippen LogP contribution in [-0.2, 0) is 4.79 Å². The molecule has 1 amide bonds. The van der Waals surface area contributed by atoms with Crippen LogP contribution in [0.2, 0.25) is 0 Å². The first kappa shape index (κ1) is 17.7. The minimum Gasteiger partial charge on any atom is -0.355 e. The Labute approximate surface area is 135 Å². The average molecular weight is 310 g/mol. The number of nitrogens with one attached hydrogen (secondary N) is 3. The van der Waals surface area contributed by atoms with Gasteiger partial charge in [-0.05, 0) is 64.7 Å². The highest BCUT2D eigenvalue weighted by molar-refractivity contribution is 5.81. The molecule has 2 aliphatic rings. The molecule has 2 saturated heterocycles. The number of carbonyl (C=O) groups excluding carboxylic acids is 1. The van der Waals surface area contributed by atoms with Crippen molar-refractivity contribution < 1.29 is 4.79 Å². The fraction of sp³-hybridized carbons (Fsp3) is 0.941. The second kappa shape index (κ2) is 9.48. The quantitative estimate of drug-likeness (QED) is 0.647. The number of likely N-dealkylation sites (tertiary alicyclic amines) is 1. The van der Waals surface area contributed by atoms with E-state index in [1.54, 1.807) is 0 Å². The predicted molar refractivity (Wildman–Crippen MR) is 90.7 cm³/mol. The van der Waals surface area contributed by atoms with Crippen LogP contribution < -0.4 is 16.0 Å². The van der Waals surface area contributed by atoms with Gasteiger partial charge in [0.15, 0.2) is 0 Å². The van der Waals surface area contributed by atoms with Gasteiger partial charge in [-0.25, -0.2) is 0 Å². The van der Waals surface area contributed by atoms with Crippen LogP contribution in [0.15, 0.2) is 0 Å². The molecule has 128 valence electrons. The Hall–Kier alpha value is -0.650. The molecule has 0 aromatic heterocycles. The van der Waals surface area contributed by atoms with Gasteiger partial charge in [0.05, 0.1) is 12.2 Å². The fourth-order valence-corrected chi connectivity index (χ4v) is 3.45. The molecule has 0 saturated carbocycles. The number of carbonyl (C=O) groups is 1. The number of nitrogens with zero attached hydrogens (tertiary/aromatic N) is 1. The van der Waals surface area contributed by atoms with Gasteiger partial charge in [0.2, 0.25) is 5.91 Å². The van der Waals surface area contributed by atoms with Gasteiger partial charge >= 0.3 is 0 Å². The molecule has 2 aliphatic heterocycles. The van der Waals surface area contributed by atoms with E-state index < -0.39 is 0 Å². The van der Waals surface area contributed by atoms with E-state index in [4.69, 9.17) is 0 Å². The van der Waals surface area contributed by atoms with Gasteiger partial charge < -0.3 is 16.0 Å². The van der Waals surface area contributed by atoms with Crippen LogP contribution in [0.25, 0.3) is 0 Å². The lowest BCUT2D eigenvalue weighted by molar-refractivity contribution is -0.126. The third-order valence-corrected chi connectivity index (χ3v) is 5.03. The van der Waals surface area contributed by atoms with Crippen molar-refractivity contribution in [1.82, 2.24) is 20.9 Å². The van der Waals surface area contributed by atoms with Crippen molar-refractivity contribution in [2.45, 2.75) is 64.1 Å². The van der Waals surface area contributed by atoms with E-state index >= 15 is 0 Å². The second-order valence-corrected chi connectivity index (χ2v) is 7.09. The Bertz CT molecular complexity index is 329. The summed E-state index contributed by atoms with van der Waals surface area (Å²) in [6.07, 6.45) is 8.62. The summed E-state index contributed by atoms with van der Waals surface area (Å²) in [5.41, 5.74) is 0. The first-order valence-corrected chi connectivity index (χ1v) is 9.11. The highest BCUT2D eigenvalue weighted by atomic mass is 16.2. The van der Waals surface area contributed by atoms with Gasteiger partial charge in [-0.2, -0.15) is 0 Å². The lowest BCUT2D eigenvalue weighted by Crippen LogP contribution is -2.48. The van der Waals surface area contributed by atoms with Crippen molar-refractivity contribution in [3.63, 3.8) is 0 Å². The maximum atomic E-state index is 12.3. The van der Waals surface area contributed by atoms with Crippen LogP contribution in [0.4, 0.5) is 0 Å². The van der Waals surface area contributed by atoms with Gasteiger partial charge in [0.1, 0.15) is 0 Å². The van der Waals surface area contributed by atoms with Crippen LogP contribution in [-0.4, -0.2) is 56.2 Å². The number of hydrogen-bond acceptors (Lipinski definition) is 4. The maximum absolute atomic E-state index is 12.3. The Kier molecular flexibility index (Phi) is 7.63. The second-order valence-electron chi connectivity index (χ2n) is 7.09. The van der Waals surface area contributed by atoms with Crippen molar-refractivity contribution in [3.05, 3.63) is 0 Å². The summed E-state index contributed by atoms with van der Waals surface area (Å²) in [5, 5.41) is 10.2. The summed E-state index contributed by atoms with van der Waals surface area (Å²) >= 11 is 0. The molecule has 0 aromatic carbocycles. The van der Waals surface area contributed by atoms with Crippen LogP contribution in [0.1, 0.15) is 51.9 Å². The Morgan fingerprint density at radius 1 is 1.18 bits per heavy atom. The molecular formula is C17H34N4O. The highest BCUT2D eigenvalue weighted by Crippen LogP contribution is 2.15. The summed E-state index contributed by atoms with van der Waals surface area (Å²) in [7, 11) is 2.08. The largest absolute Gasteiger partial charge is 0.355 e. The molecule has 0 spiro atoms. The molecule has 0 aromatic rings. The van der Waals surface area contributed by atoms with E-state index in [0.717, 1.165) is 44.9 Å². The number of likely N-dealkylation sites (N-methyl/N-ethyl adjacent to an activating group) is 1. The zero-order chi connectivity index (χ0) is 15.8. The Morgan fingerprint density at radius 2 is 2.05 bits per heavy atom. The van der Waals surface area contributed by atoms with E-state index in [-0.39, 0.29) is 11.9 Å². The summed E-state index contributed by atoms with van der Waals surface area (Å²) in [4.78, 5) is 14.5. The molecule has 2 heterocycles. The van der Waals surface area contributed by atoms with Gasteiger partial charge in [-0.15, -0.1) is 0 Å². The monoisotopic (exact) mass is 310 g/mol. The normalized spacial score (nSPS) is 30.7. The minimum absolute atomic E-state index is 0.0805. The topological polar surface area (TPSA) is 56.4 Å². The lowest BCUT2D eigenvalue weighted by Gasteiger charge is -2.28. The average Bonchev–Trinajstić information content (AvgIpc) is 2.73. The lowest BCUT2D eigenvalue weighted by atomic mass is 10.00. The third-order valence-electron chi connectivity index (χ3n) is 5.03. The first-order chi connectivity index (χ1) is 10.7. The van der Waals surface area contributed by atoms with E-state index in [0.29, 0.717) is 6.17 Å². The maximum Gasteiger partial charge on any atom is 0.237 e. The van der Waals surface area contributed by atoms with Gasteiger partial charge in [0.25, 0.3) is 0 Å². The van der Waals surface area contributed by atoms with Crippen molar-refractivity contribution in [3.8, 4) is 0 Å². The molecular weight excluding hydrogens is 276 g/mol. The molecule has 22 heavy (non-hydrogen) atoms. The molecule has 3 N–H and O–H groups in total. The molecule has 2 rings (SSSR count). The standard InChI is InChI=1S/C17H34N4O/c1-14-8-9-16(20-13-14)18-10-6-11-19-17(22)15-7-4-3-5-12-21(15)2/h14-16,18,20H,3-13H2,1-2H3,(H,19,22). The molecule has 5 nitrogen and oxygen atoms in total. The SMILES string of the molecule is CC1CCC(NCCCNC(=O)C2CCCCCN2C)NC1. The summed E-state index contributed by atoms with van der Waals surface area (Å²) < 4.78 is 0. The van der Waals surface area contributed by atoms with Gasteiger partial charge in [-0.1, -0.05) is 19.8 Å². The van der Waals surface area contributed by atoms with Gasteiger partial charge in [0, 0.05) is 6.54 Å². The van der Waals surface area contributed by atoms with Crippen LogP contribution in [0.3, 0.4) is 0 Å². The Balaban J connectivity index is 1.55. The van der Waals surface area contributed by atoms with Crippen molar-refractivity contribution in [2.24, 2.45) is 5.92 Å². The smallest absolute Gasteiger partial charge is 0.237 e. The molecule has 3 unspecified atom stereocenters. The van der Waals surface area contributed by atoms with E-state index in [2.05, 4.69) is 34.8 Å². The first-order valence-electron chi connectivity index (χ1n) is 9.11. The number of amides is 1. The minimum atomic E-state index is 0.0805. The van der Waals surface area contributed by atoms with Crippen LogP contribution in [0, 0.1) is 5.92 Å². The molecule has 3 atom stereocenters. The van der Waals surface area contributed by atoms with Crippen molar-refractivity contribution in [1.29, 1.82) is 0 Å². The molecule has 2 fully saturated rings. The predicted octanol–water partition coefficient (Wildman–Crippen LogP) is 1.30. The third kappa shape index (κ3) is 5.86. The van der Waals surface area contributed by atoms with E-state index in [1.165, 1.54) is 32.1 Å². The fourth-order valence-electron chi connectivity index (χ4n) is 3.45. The summed E-state index contributed by atoms with van der Waals surface area (Å²) in [5.74, 6) is 1.02. The van der Waals surface area contributed by atoms with Crippen LogP contribution >= 0.6 is 0 Å². The molecule has 0 aliphatic carbocycles. The van der Waals surface area contributed by atoms with Crippen LogP contribution in [0.5, 0.6) is 0 Å². The molecule has 5 heteroatoms. The number of hydrogen-bond donors (Lipinski definition) is 3. The van der Waals surface area contributed by atoms with Crippen molar-refractivity contribution >= 4 is 5.91 Å². The summed E-state index contributed by atoms with van der Waals surface area (Å²) in [6, 6.07) is 0.0805. The molecule has 0 radical (unpaired) electrons. The van der Waals surface area contributed by atoms with E-state index in [9.17, 15) is 4.79 Å². The zero-order valence-corrected chi connectivity index (χ0v) is 14.4. The number of rotatable bonds is 6. The highest BCUT2D eigenvalue weighted by Gasteiger charge is 2.24. The number of piperidine rings is 1. The summed E-state index contributed by atoms with van der Waals surface area (Å²) in [6.45, 7) is 6.20. The zero-order valence-electron chi connectivity index (χ0n) is 14.4. The van der Waals surface area contributed by atoms with Crippen molar-refractivity contribution in [2.75, 3.05) is 33.2 Å².